The van der Waals surface area contributed by atoms with Crippen LogP contribution in [-0.2, 0) is 9.53 Å². The Morgan fingerprint density at radius 1 is 1.04 bits per heavy atom. The molecule has 2 aromatic carbocycles. The fourth-order valence-corrected chi connectivity index (χ4v) is 2.60. The van der Waals surface area contributed by atoms with Crippen LogP contribution in [0.5, 0.6) is 0 Å². The van der Waals surface area contributed by atoms with E-state index in [-0.39, 0.29) is 24.8 Å². The van der Waals surface area contributed by atoms with Crippen LogP contribution >= 0.6 is 0 Å². The number of carbonyl (C=O) groups is 2. The maximum Gasteiger partial charge on any atom is 0.307 e. The SMILES string of the molecule is COC(=O)CCNC(=O)c1cc(-c2ccccc2)nc2ccccc12. The van der Waals surface area contributed by atoms with Crippen LogP contribution < -0.4 is 5.32 Å². The van der Waals surface area contributed by atoms with Crippen molar-refractivity contribution in [2.45, 2.75) is 6.42 Å². The van der Waals surface area contributed by atoms with Crippen LogP contribution in [0.3, 0.4) is 0 Å². The average Bonchev–Trinajstić information content (AvgIpc) is 2.67. The van der Waals surface area contributed by atoms with Crippen LogP contribution in [0.15, 0.2) is 60.7 Å². The van der Waals surface area contributed by atoms with Gasteiger partial charge in [-0.1, -0.05) is 48.5 Å². The van der Waals surface area contributed by atoms with Crippen molar-refractivity contribution in [3.05, 3.63) is 66.2 Å². The van der Waals surface area contributed by atoms with Crippen LogP contribution in [0.25, 0.3) is 22.2 Å². The summed E-state index contributed by atoms with van der Waals surface area (Å²) in [4.78, 5) is 28.5. The van der Waals surface area contributed by atoms with Gasteiger partial charge in [0.25, 0.3) is 5.91 Å². The first-order valence-electron chi connectivity index (χ1n) is 7.99. The largest absolute Gasteiger partial charge is 0.469 e. The first-order valence-corrected chi connectivity index (χ1v) is 7.99. The van der Waals surface area contributed by atoms with Gasteiger partial charge in [0.05, 0.1) is 30.3 Å². The Kier molecular flexibility index (Phi) is 5.04. The Bertz CT molecular complexity index is 907. The highest BCUT2D eigenvalue weighted by molar-refractivity contribution is 6.07. The number of aromatic nitrogens is 1. The molecule has 5 nitrogen and oxygen atoms in total. The van der Waals surface area contributed by atoms with Crippen molar-refractivity contribution in [3.63, 3.8) is 0 Å². The number of esters is 1. The van der Waals surface area contributed by atoms with Crippen LogP contribution in [0.4, 0.5) is 0 Å². The van der Waals surface area contributed by atoms with Crippen molar-refractivity contribution < 1.29 is 14.3 Å². The Balaban J connectivity index is 1.95. The highest BCUT2D eigenvalue weighted by Gasteiger charge is 2.14. The number of nitrogens with zero attached hydrogens (tertiary/aromatic N) is 1. The Morgan fingerprint density at radius 3 is 2.52 bits per heavy atom. The molecule has 3 aromatic rings. The van der Waals surface area contributed by atoms with Crippen LogP contribution in [0, 0.1) is 0 Å². The Morgan fingerprint density at radius 2 is 1.76 bits per heavy atom. The van der Waals surface area contributed by atoms with E-state index in [0.717, 1.165) is 22.2 Å². The molecule has 0 atom stereocenters. The molecule has 0 unspecified atom stereocenters. The molecule has 1 N–H and O–H groups in total. The summed E-state index contributed by atoms with van der Waals surface area (Å²) < 4.78 is 4.58. The number of hydrogen-bond acceptors (Lipinski definition) is 4. The summed E-state index contributed by atoms with van der Waals surface area (Å²) in [7, 11) is 1.33. The molecule has 0 spiro atoms. The number of benzene rings is 2. The lowest BCUT2D eigenvalue weighted by atomic mass is 10.0. The minimum absolute atomic E-state index is 0.136. The second kappa shape index (κ2) is 7.57. The molecule has 0 fully saturated rings. The fraction of sp³-hybridized carbons (Fsp3) is 0.150. The number of carbonyl (C=O) groups excluding carboxylic acids is 2. The number of amides is 1. The van der Waals surface area contributed by atoms with Crippen molar-refractivity contribution in [2.75, 3.05) is 13.7 Å². The molecule has 0 radical (unpaired) electrons. The molecule has 3 rings (SSSR count). The van der Waals surface area contributed by atoms with Gasteiger partial charge in [0, 0.05) is 17.5 Å². The zero-order chi connectivity index (χ0) is 17.6. The molecule has 0 saturated carbocycles. The molecule has 1 amide bonds. The number of pyridine rings is 1. The van der Waals surface area contributed by atoms with E-state index in [9.17, 15) is 9.59 Å². The number of ether oxygens (including phenoxy) is 1. The molecule has 0 aliphatic heterocycles. The van der Waals surface area contributed by atoms with Crippen LogP contribution in [-0.4, -0.2) is 30.5 Å². The number of fused-ring (bicyclic) bond motifs is 1. The lowest BCUT2D eigenvalue weighted by Gasteiger charge is -2.10. The number of para-hydroxylation sites is 1. The number of rotatable bonds is 5. The Labute approximate surface area is 145 Å². The van der Waals surface area contributed by atoms with E-state index in [2.05, 4.69) is 15.0 Å². The molecule has 0 aliphatic rings. The second-order valence-electron chi connectivity index (χ2n) is 5.52. The van der Waals surface area contributed by atoms with E-state index >= 15 is 0 Å². The predicted octanol–water partition coefficient (Wildman–Crippen LogP) is 3.19. The van der Waals surface area contributed by atoms with Gasteiger partial charge in [-0.25, -0.2) is 4.98 Å². The normalized spacial score (nSPS) is 10.4. The van der Waals surface area contributed by atoms with Crippen molar-refractivity contribution in [2.24, 2.45) is 0 Å². The topological polar surface area (TPSA) is 68.3 Å². The van der Waals surface area contributed by atoms with Gasteiger partial charge in [-0.05, 0) is 12.1 Å². The van der Waals surface area contributed by atoms with Gasteiger partial charge in [-0.3, -0.25) is 9.59 Å². The molecular weight excluding hydrogens is 316 g/mol. The van der Waals surface area contributed by atoms with E-state index in [1.807, 2.05) is 54.6 Å². The van der Waals surface area contributed by atoms with Crippen molar-refractivity contribution in [3.8, 4) is 11.3 Å². The maximum absolute atomic E-state index is 12.6. The maximum atomic E-state index is 12.6. The third-order valence-electron chi connectivity index (χ3n) is 3.87. The lowest BCUT2D eigenvalue weighted by Crippen LogP contribution is -2.26. The quantitative estimate of drug-likeness (QED) is 0.728. The summed E-state index contributed by atoms with van der Waals surface area (Å²) in [6, 6.07) is 19.0. The molecule has 5 heteroatoms. The molecule has 0 aliphatic carbocycles. The van der Waals surface area contributed by atoms with E-state index in [1.165, 1.54) is 7.11 Å². The predicted molar refractivity (Wildman–Crippen MR) is 96.1 cm³/mol. The van der Waals surface area contributed by atoms with Crippen molar-refractivity contribution in [1.29, 1.82) is 0 Å². The highest BCUT2D eigenvalue weighted by atomic mass is 16.5. The summed E-state index contributed by atoms with van der Waals surface area (Å²) in [5.41, 5.74) is 2.96. The zero-order valence-corrected chi connectivity index (χ0v) is 13.9. The van der Waals surface area contributed by atoms with Crippen molar-refractivity contribution >= 4 is 22.8 Å². The van der Waals surface area contributed by atoms with Gasteiger partial charge < -0.3 is 10.1 Å². The molecular formula is C20H18N2O3. The number of nitrogens with one attached hydrogen (secondary N) is 1. The first-order chi connectivity index (χ1) is 12.2. The van der Waals surface area contributed by atoms with Gasteiger partial charge in [-0.15, -0.1) is 0 Å². The summed E-state index contributed by atoms with van der Waals surface area (Å²) in [6.45, 7) is 0.225. The van der Waals surface area contributed by atoms with Gasteiger partial charge >= 0.3 is 5.97 Å². The van der Waals surface area contributed by atoms with E-state index in [0.29, 0.717) is 5.56 Å². The first kappa shape index (κ1) is 16.6. The fourth-order valence-electron chi connectivity index (χ4n) is 2.60. The zero-order valence-electron chi connectivity index (χ0n) is 13.9. The summed E-state index contributed by atoms with van der Waals surface area (Å²) >= 11 is 0. The standard InChI is InChI=1S/C20H18N2O3/c1-25-19(23)11-12-21-20(24)16-13-18(14-7-3-2-4-8-14)22-17-10-6-5-9-15(16)17/h2-10,13H,11-12H2,1H3,(H,21,24). The minimum atomic E-state index is -0.357. The highest BCUT2D eigenvalue weighted by Crippen LogP contribution is 2.24. The number of methoxy groups -OCH3 is 1. The monoisotopic (exact) mass is 334 g/mol. The van der Waals surface area contributed by atoms with Gasteiger partial charge in [-0.2, -0.15) is 0 Å². The minimum Gasteiger partial charge on any atom is -0.469 e. The average molecular weight is 334 g/mol. The molecule has 1 aromatic heterocycles. The third-order valence-corrected chi connectivity index (χ3v) is 3.87. The smallest absolute Gasteiger partial charge is 0.307 e. The van der Waals surface area contributed by atoms with E-state index < -0.39 is 0 Å². The molecule has 1 heterocycles. The second-order valence-corrected chi connectivity index (χ2v) is 5.52. The third kappa shape index (κ3) is 3.83. The van der Waals surface area contributed by atoms with E-state index in [1.54, 1.807) is 6.07 Å². The van der Waals surface area contributed by atoms with Gasteiger partial charge in [0.1, 0.15) is 0 Å². The van der Waals surface area contributed by atoms with Gasteiger partial charge in [0.2, 0.25) is 0 Å². The van der Waals surface area contributed by atoms with E-state index in [4.69, 9.17) is 0 Å². The van der Waals surface area contributed by atoms with Gasteiger partial charge in [0.15, 0.2) is 0 Å². The molecule has 0 bridgehead atoms. The molecule has 126 valence electrons. The van der Waals surface area contributed by atoms with Crippen LogP contribution in [0.1, 0.15) is 16.8 Å². The summed E-state index contributed by atoms with van der Waals surface area (Å²) in [5, 5.41) is 3.54. The molecule has 25 heavy (non-hydrogen) atoms. The number of hydrogen-bond donors (Lipinski definition) is 1. The summed E-state index contributed by atoms with van der Waals surface area (Å²) in [6.07, 6.45) is 0.136. The molecule has 0 saturated heterocycles. The van der Waals surface area contributed by atoms with Crippen LogP contribution in [0.2, 0.25) is 0 Å². The van der Waals surface area contributed by atoms with Crippen molar-refractivity contribution in [1.82, 2.24) is 10.3 Å². The Hall–Kier alpha value is -3.21. The lowest BCUT2D eigenvalue weighted by molar-refractivity contribution is -0.140. The summed E-state index contributed by atoms with van der Waals surface area (Å²) in [5.74, 6) is -0.593.